The summed E-state index contributed by atoms with van der Waals surface area (Å²) in [5, 5.41) is 5.05. The van der Waals surface area contributed by atoms with E-state index in [4.69, 9.17) is 11.6 Å². The molecule has 1 N–H and O–H groups in total. The first kappa shape index (κ1) is 21.3. The largest absolute Gasteiger partial charge is 0.338 e. The maximum atomic E-state index is 13.0. The minimum Gasteiger partial charge on any atom is -0.338 e. The van der Waals surface area contributed by atoms with Gasteiger partial charge in [0.05, 0.1) is 4.88 Å². The zero-order valence-corrected chi connectivity index (χ0v) is 18.4. The van der Waals surface area contributed by atoms with Crippen molar-refractivity contribution in [1.82, 2.24) is 20.0 Å². The molecule has 2 saturated heterocycles. The number of carbonyl (C=O) groups is 4. The van der Waals surface area contributed by atoms with Crippen LogP contribution >= 0.6 is 22.9 Å². The molecule has 2 aromatic rings. The summed E-state index contributed by atoms with van der Waals surface area (Å²) in [5.74, 6) is -0.860. The number of carbonyl (C=O) groups excluding carboxylic acids is 4. The van der Waals surface area contributed by atoms with Gasteiger partial charge in [0.1, 0.15) is 12.1 Å². The van der Waals surface area contributed by atoms with Crippen molar-refractivity contribution in [2.75, 3.05) is 32.7 Å². The van der Waals surface area contributed by atoms with Crippen molar-refractivity contribution < 1.29 is 19.2 Å². The van der Waals surface area contributed by atoms with Crippen molar-refractivity contribution >= 4 is 46.7 Å². The molecule has 31 heavy (non-hydrogen) atoms. The van der Waals surface area contributed by atoms with E-state index in [1.54, 1.807) is 47.1 Å². The molecule has 0 bridgehead atoms. The minimum absolute atomic E-state index is 0.0464. The molecule has 0 saturated carbocycles. The summed E-state index contributed by atoms with van der Waals surface area (Å²) >= 11 is 7.30. The topological polar surface area (TPSA) is 90.0 Å². The third-order valence-corrected chi connectivity index (χ3v) is 6.75. The van der Waals surface area contributed by atoms with Crippen LogP contribution in [-0.4, -0.2) is 71.2 Å². The second kappa shape index (κ2) is 8.32. The first-order valence-electron chi connectivity index (χ1n) is 9.80. The first-order chi connectivity index (χ1) is 14.8. The van der Waals surface area contributed by atoms with Crippen molar-refractivity contribution in [3.8, 4) is 0 Å². The molecule has 2 aliphatic rings. The van der Waals surface area contributed by atoms with Crippen molar-refractivity contribution in [1.29, 1.82) is 0 Å². The summed E-state index contributed by atoms with van der Waals surface area (Å²) in [6.07, 6.45) is 0. The highest BCUT2D eigenvalue weighted by Gasteiger charge is 2.49. The number of hydrogen-bond donors (Lipinski definition) is 1. The molecular weight excluding hydrogens is 440 g/mol. The average Bonchev–Trinajstić information content (AvgIpc) is 3.38. The smallest absolute Gasteiger partial charge is 0.325 e. The number of nitrogens with zero attached hydrogens (tertiary/aromatic N) is 3. The molecular formula is C21H21ClN4O4S. The molecule has 5 amide bonds. The lowest BCUT2D eigenvalue weighted by atomic mass is 9.92. The molecule has 0 aliphatic carbocycles. The molecule has 4 rings (SSSR count). The summed E-state index contributed by atoms with van der Waals surface area (Å²) < 4.78 is 0. The lowest BCUT2D eigenvalue weighted by Gasteiger charge is -2.35. The van der Waals surface area contributed by atoms with Crippen LogP contribution in [-0.2, 0) is 15.1 Å². The van der Waals surface area contributed by atoms with E-state index in [1.807, 2.05) is 11.4 Å². The van der Waals surface area contributed by atoms with Crippen LogP contribution in [0.25, 0.3) is 0 Å². The van der Waals surface area contributed by atoms with Crippen LogP contribution in [0.4, 0.5) is 4.79 Å². The van der Waals surface area contributed by atoms with Gasteiger partial charge in [0.15, 0.2) is 0 Å². The Kier molecular flexibility index (Phi) is 5.72. The van der Waals surface area contributed by atoms with Gasteiger partial charge in [-0.3, -0.25) is 19.3 Å². The number of urea groups is 1. The van der Waals surface area contributed by atoms with Crippen LogP contribution in [0.1, 0.15) is 22.2 Å². The molecule has 1 aromatic carbocycles. The highest BCUT2D eigenvalue weighted by molar-refractivity contribution is 7.12. The van der Waals surface area contributed by atoms with Gasteiger partial charge in [0, 0.05) is 31.2 Å². The monoisotopic (exact) mass is 460 g/mol. The van der Waals surface area contributed by atoms with Crippen LogP contribution in [0.5, 0.6) is 0 Å². The van der Waals surface area contributed by atoms with Crippen LogP contribution in [0.3, 0.4) is 0 Å². The Bertz CT molecular complexity index is 1020. The zero-order valence-electron chi connectivity index (χ0n) is 16.8. The van der Waals surface area contributed by atoms with Crippen LogP contribution in [0.2, 0.25) is 5.02 Å². The van der Waals surface area contributed by atoms with Gasteiger partial charge in [-0.15, -0.1) is 11.3 Å². The maximum absolute atomic E-state index is 13.0. The Labute approximate surface area is 188 Å². The number of imide groups is 1. The maximum Gasteiger partial charge on any atom is 0.325 e. The van der Waals surface area contributed by atoms with Gasteiger partial charge in [-0.2, -0.15) is 0 Å². The quantitative estimate of drug-likeness (QED) is 0.708. The highest BCUT2D eigenvalue weighted by Crippen LogP contribution is 2.29. The van der Waals surface area contributed by atoms with E-state index >= 15 is 0 Å². The van der Waals surface area contributed by atoms with E-state index in [-0.39, 0.29) is 18.4 Å². The van der Waals surface area contributed by atoms with E-state index in [0.29, 0.717) is 41.6 Å². The van der Waals surface area contributed by atoms with Gasteiger partial charge in [0.2, 0.25) is 5.91 Å². The second-order valence-corrected chi connectivity index (χ2v) is 8.99. The van der Waals surface area contributed by atoms with Gasteiger partial charge in [-0.05, 0) is 36.1 Å². The van der Waals surface area contributed by atoms with Crippen molar-refractivity contribution in [2.24, 2.45) is 0 Å². The van der Waals surface area contributed by atoms with E-state index in [1.165, 1.54) is 11.3 Å². The number of amides is 5. The van der Waals surface area contributed by atoms with E-state index in [2.05, 4.69) is 5.32 Å². The number of thiophene rings is 1. The van der Waals surface area contributed by atoms with Crippen LogP contribution in [0, 0.1) is 0 Å². The molecule has 1 atom stereocenters. The minimum atomic E-state index is -1.26. The fraction of sp³-hybridized carbons (Fsp3) is 0.333. The summed E-state index contributed by atoms with van der Waals surface area (Å²) in [5.41, 5.74) is -0.667. The fourth-order valence-electron chi connectivity index (χ4n) is 3.77. The van der Waals surface area contributed by atoms with Crippen LogP contribution in [0.15, 0.2) is 41.8 Å². The lowest BCUT2D eigenvalue weighted by Crippen LogP contribution is -2.53. The fourth-order valence-corrected chi connectivity index (χ4v) is 4.59. The zero-order chi connectivity index (χ0) is 22.2. The molecule has 0 radical (unpaired) electrons. The molecule has 8 nitrogen and oxygen atoms in total. The molecule has 162 valence electrons. The van der Waals surface area contributed by atoms with Crippen molar-refractivity contribution in [2.45, 2.75) is 12.5 Å². The summed E-state index contributed by atoms with van der Waals surface area (Å²) in [6, 6.07) is 9.64. The van der Waals surface area contributed by atoms with E-state index < -0.39 is 17.5 Å². The Balaban J connectivity index is 1.37. The number of halogens is 1. The number of piperazine rings is 1. The van der Waals surface area contributed by atoms with E-state index in [0.717, 1.165) is 4.90 Å². The molecule has 10 heteroatoms. The number of nitrogens with one attached hydrogen (secondary N) is 1. The Morgan fingerprint density at radius 1 is 1.06 bits per heavy atom. The predicted molar refractivity (Wildman–Crippen MR) is 116 cm³/mol. The highest BCUT2D eigenvalue weighted by atomic mass is 35.5. The Morgan fingerprint density at radius 3 is 2.32 bits per heavy atom. The van der Waals surface area contributed by atoms with Gasteiger partial charge < -0.3 is 15.1 Å². The SMILES string of the molecule is CC1(c2ccc(Cl)cc2)NC(=O)N(CC(=O)N2CCN(C(=O)c3cccs3)CC2)C1=O. The van der Waals surface area contributed by atoms with Crippen molar-refractivity contribution in [3.05, 3.63) is 57.2 Å². The number of benzene rings is 1. The van der Waals surface area contributed by atoms with Crippen LogP contribution < -0.4 is 5.32 Å². The van der Waals surface area contributed by atoms with Gasteiger partial charge in [0.25, 0.3) is 11.8 Å². The summed E-state index contributed by atoms with van der Waals surface area (Å²) in [7, 11) is 0. The van der Waals surface area contributed by atoms with Gasteiger partial charge >= 0.3 is 6.03 Å². The molecule has 3 heterocycles. The van der Waals surface area contributed by atoms with Crippen molar-refractivity contribution in [3.63, 3.8) is 0 Å². The second-order valence-electron chi connectivity index (χ2n) is 7.60. The molecule has 0 spiro atoms. The summed E-state index contributed by atoms with van der Waals surface area (Å²) in [4.78, 5) is 55.6. The summed E-state index contributed by atoms with van der Waals surface area (Å²) in [6.45, 7) is 2.79. The molecule has 2 aliphatic heterocycles. The normalized spacial score (nSPS) is 21.4. The average molecular weight is 461 g/mol. The Hall–Kier alpha value is -2.91. The first-order valence-corrected chi connectivity index (χ1v) is 11.1. The third-order valence-electron chi connectivity index (χ3n) is 5.64. The molecule has 1 unspecified atom stereocenters. The predicted octanol–water partition coefficient (Wildman–Crippen LogP) is 2.15. The number of hydrogen-bond acceptors (Lipinski definition) is 5. The van der Waals surface area contributed by atoms with Gasteiger partial charge in [-0.25, -0.2) is 4.79 Å². The standard InChI is InChI=1S/C21H21ClN4O4S/c1-21(14-4-6-15(22)7-5-14)19(29)26(20(30)23-21)13-17(27)24-8-10-25(11-9-24)18(28)16-3-2-12-31-16/h2-7,12H,8-11,13H2,1H3,(H,23,30). The van der Waals surface area contributed by atoms with E-state index in [9.17, 15) is 19.2 Å². The molecule has 2 fully saturated rings. The molecule has 1 aromatic heterocycles. The third kappa shape index (κ3) is 4.03. The van der Waals surface area contributed by atoms with Gasteiger partial charge in [-0.1, -0.05) is 29.8 Å². The lowest BCUT2D eigenvalue weighted by molar-refractivity contribution is -0.139. The Morgan fingerprint density at radius 2 is 1.71 bits per heavy atom. The number of rotatable bonds is 4.